The van der Waals surface area contributed by atoms with Crippen molar-refractivity contribution >= 4 is 17.0 Å². The molecule has 0 atom stereocenters. The number of likely N-dealkylation sites (tertiary alicyclic amines) is 1. The normalized spacial score (nSPS) is 15.5. The van der Waals surface area contributed by atoms with Crippen molar-refractivity contribution in [2.75, 3.05) is 20.2 Å². The maximum atomic E-state index is 12.6. The molecule has 0 spiro atoms. The summed E-state index contributed by atoms with van der Waals surface area (Å²) < 4.78 is 10.9. The Morgan fingerprint density at radius 3 is 2.68 bits per heavy atom. The highest BCUT2D eigenvalue weighted by molar-refractivity contribution is 5.94. The number of hydrogen-bond donors (Lipinski definition) is 0. The number of ether oxygens (including phenoxy) is 1. The third-order valence-electron chi connectivity index (χ3n) is 4.63. The van der Waals surface area contributed by atoms with Crippen LogP contribution in [0.5, 0.6) is 5.88 Å². The molecule has 1 aliphatic rings. The molecule has 2 aromatic heterocycles. The number of para-hydroxylation sites is 2. The van der Waals surface area contributed by atoms with E-state index in [4.69, 9.17) is 9.15 Å². The first-order valence-electron chi connectivity index (χ1n) is 8.39. The van der Waals surface area contributed by atoms with Gasteiger partial charge in [0.1, 0.15) is 5.52 Å². The molecule has 1 aliphatic heterocycles. The Labute approximate surface area is 145 Å². The lowest BCUT2D eigenvalue weighted by molar-refractivity contribution is 0.0706. The van der Waals surface area contributed by atoms with E-state index in [9.17, 15) is 4.79 Å². The van der Waals surface area contributed by atoms with Crippen LogP contribution in [0.4, 0.5) is 0 Å². The van der Waals surface area contributed by atoms with Crippen LogP contribution in [-0.2, 0) is 0 Å². The molecule has 0 radical (unpaired) electrons. The van der Waals surface area contributed by atoms with E-state index in [2.05, 4.69) is 9.97 Å². The van der Waals surface area contributed by atoms with Crippen LogP contribution in [0.15, 0.2) is 47.0 Å². The van der Waals surface area contributed by atoms with Crippen molar-refractivity contribution in [3.8, 4) is 5.88 Å². The van der Waals surface area contributed by atoms with Gasteiger partial charge in [-0.1, -0.05) is 12.1 Å². The Morgan fingerprint density at radius 2 is 2.00 bits per heavy atom. The van der Waals surface area contributed by atoms with Crippen LogP contribution in [0.3, 0.4) is 0 Å². The van der Waals surface area contributed by atoms with Crippen molar-refractivity contribution in [2.45, 2.75) is 18.8 Å². The lowest BCUT2D eigenvalue weighted by Crippen LogP contribution is -2.38. The standard InChI is InChI=1S/C19H19N3O3/c1-24-17-7-6-14(12-20-17)19(23)22-10-8-13(9-11-22)18-21-15-4-2-3-5-16(15)25-18/h2-7,12-13H,8-11H2,1H3. The molecule has 6 nitrogen and oxygen atoms in total. The van der Waals surface area contributed by atoms with E-state index in [0.29, 0.717) is 24.5 Å². The molecule has 3 aromatic rings. The molecular formula is C19H19N3O3. The number of oxazole rings is 1. The third kappa shape index (κ3) is 3.07. The van der Waals surface area contributed by atoms with Crippen LogP contribution in [0.1, 0.15) is 35.0 Å². The van der Waals surface area contributed by atoms with Gasteiger partial charge in [-0.2, -0.15) is 0 Å². The molecule has 0 aliphatic carbocycles. The number of nitrogens with zero attached hydrogens (tertiary/aromatic N) is 3. The van der Waals surface area contributed by atoms with E-state index >= 15 is 0 Å². The molecule has 0 N–H and O–H groups in total. The molecule has 1 fully saturated rings. The van der Waals surface area contributed by atoms with Crippen molar-refractivity contribution < 1.29 is 13.9 Å². The molecular weight excluding hydrogens is 318 g/mol. The summed E-state index contributed by atoms with van der Waals surface area (Å²) in [5.41, 5.74) is 2.29. The summed E-state index contributed by atoms with van der Waals surface area (Å²) in [5.74, 6) is 1.54. The SMILES string of the molecule is COc1ccc(C(=O)N2CCC(c3nc4ccccc4o3)CC2)cn1. The summed E-state index contributed by atoms with van der Waals surface area (Å²) in [6.45, 7) is 1.38. The fourth-order valence-corrected chi connectivity index (χ4v) is 3.20. The number of methoxy groups -OCH3 is 1. The Balaban J connectivity index is 1.42. The number of rotatable bonds is 3. The van der Waals surface area contributed by atoms with Crippen LogP contribution in [-0.4, -0.2) is 41.0 Å². The van der Waals surface area contributed by atoms with Crippen molar-refractivity contribution in [1.29, 1.82) is 0 Å². The Kier molecular flexibility index (Phi) is 4.09. The number of carbonyl (C=O) groups excluding carboxylic acids is 1. The number of hydrogen-bond acceptors (Lipinski definition) is 5. The second-order valence-electron chi connectivity index (χ2n) is 6.18. The summed E-state index contributed by atoms with van der Waals surface area (Å²) in [6.07, 6.45) is 3.26. The summed E-state index contributed by atoms with van der Waals surface area (Å²) in [5, 5.41) is 0. The number of pyridine rings is 1. The molecule has 0 bridgehead atoms. The summed E-state index contributed by atoms with van der Waals surface area (Å²) in [6, 6.07) is 11.2. The van der Waals surface area contributed by atoms with E-state index < -0.39 is 0 Å². The van der Waals surface area contributed by atoms with Gasteiger partial charge in [0.25, 0.3) is 5.91 Å². The highest BCUT2D eigenvalue weighted by atomic mass is 16.5. The molecule has 1 saturated heterocycles. The monoisotopic (exact) mass is 337 g/mol. The molecule has 1 amide bonds. The van der Waals surface area contributed by atoms with Gasteiger partial charge in [0.2, 0.25) is 5.88 Å². The first-order valence-corrected chi connectivity index (χ1v) is 8.39. The van der Waals surface area contributed by atoms with Gasteiger partial charge in [0, 0.05) is 31.3 Å². The number of carbonyl (C=O) groups is 1. The molecule has 3 heterocycles. The summed E-state index contributed by atoms with van der Waals surface area (Å²) in [7, 11) is 1.56. The Hall–Kier alpha value is -2.89. The molecule has 0 unspecified atom stereocenters. The van der Waals surface area contributed by atoms with Crippen molar-refractivity contribution in [1.82, 2.24) is 14.9 Å². The second kappa shape index (κ2) is 6.55. The second-order valence-corrected chi connectivity index (χ2v) is 6.18. The minimum absolute atomic E-state index is 0.00571. The van der Waals surface area contributed by atoms with E-state index in [1.165, 1.54) is 0 Å². The quantitative estimate of drug-likeness (QED) is 0.734. The average molecular weight is 337 g/mol. The molecule has 25 heavy (non-hydrogen) atoms. The highest BCUT2D eigenvalue weighted by Gasteiger charge is 2.27. The fourth-order valence-electron chi connectivity index (χ4n) is 3.20. The predicted molar refractivity (Wildman–Crippen MR) is 92.7 cm³/mol. The first-order chi connectivity index (χ1) is 12.2. The van der Waals surface area contributed by atoms with Gasteiger partial charge in [-0.25, -0.2) is 9.97 Å². The van der Waals surface area contributed by atoms with Crippen molar-refractivity contribution in [2.24, 2.45) is 0 Å². The number of fused-ring (bicyclic) bond motifs is 1. The smallest absolute Gasteiger partial charge is 0.255 e. The number of amides is 1. The lowest BCUT2D eigenvalue weighted by atomic mass is 9.96. The van der Waals surface area contributed by atoms with E-state index in [1.54, 1.807) is 25.4 Å². The maximum Gasteiger partial charge on any atom is 0.255 e. The Bertz CT molecular complexity index is 847. The van der Waals surface area contributed by atoms with Gasteiger partial charge >= 0.3 is 0 Å². The van der Waals surface area contributed by atoms with Crippen LogP contribution in [0, 0.1) is 0 Å². The minimum Gasteiger partial charge on any atom is -0.481 e. The zero-order valence-corrected chi connectivity index (χ0v) is 14.0. The van der Waals surface area contributed by atoms with Crippen molar-refractivity contribution in [3.05, 3.63) is 54.0 Å². The van der Waals surface area contributed by atoms with Gasteiger partial charge in [-0.15, -0.1) is 0 Å². The number of piperidine rings is 1. The maximum absolute atomic E-state index is 12.6. The molecule has 4 rings (SSSR count). The van der Waals surface area contributed by atoms with Crippen LogP contribution in [0.25, 0.3) is 11.1 Å². The van der Waals surface area contributed by atoms with Crippen LogP contribution in [0.2, 0.25) is 0 Å². The van der Waals surface area contributed by atoms with Gasteiger partial charge in [0.05, 0.1) is 12.7 Å². The van der Waals surface area contributed by atoms with Gasteiger partial charge in [-0.3, -0.25) is 4.79 Å². The van der Waals surface area contributed by atoms with E-state index in [1.807, 2.05) is 29.2 Å². The minimum atomic E-state index is 0.00571. The Morgan fingerprint density at radius 1 is 1.20 bits per heavy atom. The van der Waals surface area contributed by atoms with Crippen LogP contribution >= 0.6 is 0 Å². The largest absolute Gasteiger partial charge is 0.481 e. The van der Waals surface area contributed by atoms with Crippen LogP contribution < -0.4 is 4.74 Å². The third-order valence-corrected chi connectivity index (χ3v) is 4.63. The van der Waals surface area contributed by atoms with E-state index in [-0.39, 0.29) is 11.8 Å². The molecule has 0 saturated carbocycles. The first kappa shape index (κ1) is 15.6. The average Bonchev–Trinajstić information content (AvgIpc) is 3.12. The fraction of sp³-hybridized carbons (Fsp3) is 0.316. The van der Waals surface area contributed by atoms with Gasteiger partial charge in [0.15, 0.2) is 11.5 Å². The molecule has 128 valence electrons. The van der Waals surface area contributed by atoms with Gasteiger partial charge < -0.3 is 14.1 Å². The zero-order chi connectivity index (χ0) is 17.2. The van der Waals surface area contributed by atoms with Crippen molar-refractivity contribution in [3.63, 3.8) is 0 Å². The van der Waals surface area contributed by atoms with Gasteiger partial charge in [-0.05, 0) is 31.0 Å². The predicted octanol–water partition coefficient (Wildman–Crippen LogP) is 3.25. The number of aromatic nitrogens is 2. The number of benzene rings is 1. The summed E-state index contributed by atoms with van der Waals surface area (Å²) in [4.78, 5) is 23.1. The lowest BCUT2D eigenvalue weighted by Gasteiger charge is -2.30. The van der Waals surface area contributed by atoms with E-state index in [0.717, 1.165) is 29.8 Å². The highest BCUT2D eigenvalue weighted by Crippen LogP contribution is 2.30. The molecule has 1 aromatic carbocycles. The zero-order valence-electron chi connectivity index (χ0n) is 14.0. The molecule has 6 heteroatoms. The topological polar surface area (TPSA) is 68.5 Å². The summed E-state index contributed by atoms with van der Waals surface area (Å²) >= 11 is 0.